The van der Waals surface area contributed by atoms with Crippen molar-refractivity contribution in [2.24, 2.45) is 23.9 Å². The number of carbonyl (C=O) groups excluding carboxylic acids is 1. The Bertz CT molecular complexity index is 1300. The zero-order chi connectivity index (χ0) is 25.1. The number of halogens is 1. The lowest BCUT2D eigenvalue weighted by Crippen LogP contribution is -2.39. The van der Waals surface area contributed by atoms with Crippen molar-refractivity contribution in [2.75, 3.05) is 0 Å². The Balaban J connectivity index is 1.74. The summed E-state index contributed by atoms with van der Waals surface area (Å²) in [4.78, 5) is 18.6. The van der Waals surface area contributed by atoms with Gasteiger partial charge < -0.3 is 5.32 Å². The quantitative estimate of drug-likeness (QED) is 0.520. The number of benzene rings is 1. The number of fused-ring (bicyclic) bond motifs is 1. The van der Waals surface area contributed by atoms with Crippen LogP contribution in [-0.4, -0.2) is 27.4 Å². The Hall–Kier alpha value is -3.17. The molecule has 4 rings (SSSR count). The summed E-state index contributed by atoms with van der Waals surface area (Å²) < 4.78 is 1.81. The van der Waals surface area contributed by atoms with Crippen molar-refractivity contribution in [2.45, 2.75) is 58.9 Å². The number of hydrogen-bond donors (Lipinski definition) is 1. The molecule has 2 atom stereocenters. The van der Waals surface area contributed by atoms with Crippen molar-refractivity contribution in [1.82, 2.24) is 15.1 Å². The van der Waals surface area contributed by atoms with Gasteiger partial charge in [0.05, 0.1) is 28.6 Å². The van der Waals surface area contributed by atoms with Gasteiger partial charge in [0.25, 0.3) is 5.91 Å². The first-order valence-corrected chi connectivity index (χ1v) is 12.7. The second kappa shape index (κ2) is 10.6. The molecule has 0 spiro atoms. The second-order valence-electron chi connectivity index (χ2n) is 9.63. The van der Waals surface area contributed by atoms with E-state index >= 15 is 0 Å². The maximum absolute atomic E-state index is 13.5. The van der Waals surface area contributed by atoms with Gasteiger partial charge in [0.15, 0.2) is 0 Å². The van der Waals surface area contributed by atoms with Crippen LogP contribution >= 0.6 is 11.6 Å². The molecule has 1 aromatic heterocycles. The lowest BCUT2D eigenvalue weighted by molar-refractivity contribution is -0.118. The molecule has 6 nitrogen and oxygen atoms in total. The predicted octanol–water partition coefficient (Wildman–Crippen LogP) is 6.03. The van der Waals surface area contributed by atoms with Gasteiger partial charge in [-0.15, -0.1) is 0 Å². The number of aryl methyl sites for hydroxylation is 1. The van der Waals surface area contributed by atoms with Gasteiger partial charge in [-0.05, 0) is 68.4 Å². The number of hydrogen-bond acceptors (Lipinski definition) is 4. The molecular weight excluding hydrogens is 458 g/mol. The van der Waals surface area contributed by atoms with Crippen molar-refractivity contribution in [3.8, 4) is 6.07 Å². The first-order valence-electron chi connectivity index (χ1n) is 12.3. The molecule has 1 fully saturated rings. The minimum absolute atomic E-state index is 0.00573. The van der Waals surface area contributed by atoms with Crippen LogP contribution in [0.25, 0.3) is 10.9 Å². The summed E-state index contributed by atoms with van der Waals surface area (Å²) in [6.45, 7) is 6.14. The molecule has 2 heterocycles. The summed E-state index contributed by atoms with van der Waals surface area (Å²) in [6, 6.07) is 8.09. The third-order valence-electron chi connectivity index (χ3n) is 6.88. The zero-order valence-corrected chi connectivity index (χ0v) is 21.6. The van der Waals surface area contributed by atoms with E-state index in [0.717, 1.165) is 47.1 Å². The Morgan fingerprint density at radius 1 is 1.34 bits per heavy atom. The minimum atomic E-state index is -0.132. The van der Waals surface area contributed by atoms with Crippen molar-refractivity contribution >= 4 is 34.1 Å². The molecule has 1 saturated carbocycles. The lowest BCUT2D eigenvalue weighted by Gasteiger charge is -2.27. The van der Waals surface area contributed by atoms with Crippen molar-refractivity contribution in [3.05, 3.63) is 64.0 Å². The van der Waals surface area contributed by atoms with Gasteiger partial charge in [-0.1, -0.05) is 44.0 Å². The molecule has 7 heteroatoms. The molecule has 1 amide bonds. The van der Waals surface area contributed by atoms with Gasteiger partial charge in [-0.3, -0.25) is 9.48 Å². The van der Waals surface area contributed by atoms with Crippen molar-refractivity contribution in [1.29, 1.82) is 5.26 Å². The van der Waals surface area contributed by atoms with Crippen LogP contribution in [0.2, 0.25) is 5.02 Å². The lowest BCUT2D eigenvalue weighted by atomic mass is 9.86. The van der Waals surface area contributed by atoms with Crippen LogP contribution < -0.4 is 5.32 Å². The topological polar surface area (TPSA) is 83.1 Å². The Morgan fingerprint density at radius 3 is 2.86 bits per heavy atom. The number of nitrogens with zero attached hydrogens (tertiary/aromatic N) is 4. The molecule has 1 aromatic carbocycles. The van der Waals surface area contributed by atoms with E-state index in [1.165, 1.54) is 0 Å². The van der Waals surface area contributed by atoms with Gasteiger partial charge >= 0.3 is 0 Å². The molecular formula is C28H32ClN5O. The van der Waals surface area contributed by atoms with Crippen LogP contribution in [0.1, 0.15) is 58.6 Å². The largest absolute Gasteiger partial charge is 0.349 e. The molecule has 35 heavy (non-hydrogen) atoms. The molecule has 0 bridgehead atoms. The summed E-state index contributed by atoms with van der Waals surface area (Å²) in [5.74, 6) is 0.0931. The summed E-state index contributed by atoms with van der Waals surface area (Å²) in [5.41, 5.74) is 4.80. The average molecular weight is 490 g/mol. The first-order chi connectivity index (χ1) is 16.8. The van der Waals surface area contributed by atoms with E-state index in [9.17, 15) is 10.1 Å². The van der Waals surface area contributed by atoms with E-state index in [1.54, 1.807) is 0 Å². The molecule has 1 aliphatic heterocycles. The summed E-state index contributed by atoms with van der Waals surface area (Å²) >= 11 is 6.22. The number of aromatic nitrogens is 2. The maximum atomic E-state index is 13.5. The number of nitriles is 1. The number of rotatable bonds is 5. The van der Waals surface area contributed by atoms with E-state index < -0.39 is 0 Å². The molecule has 0 saturated heterocycles. The molecule has 1 N–H and O–H groups in total. The van der Waals surface area contributed by atoms with Crippen LogP contribution in [0, 0.1) is 23.2 Å². The van der Waals surface area contributed by atoms with Crippen LogP contribution in [0.15, 0.2) is 58.3 Å². The van der Waals surface area contributed by atoms with Gasteiger partial charge in [-0.25, -0.2) is 4.99 Å². The zero-order valence-electron chi connectivity index (χ0n) is 20.8. The van der Waals surface area contributed by atoms with Crippen LogP contribution in [0.3, 0.4) is 0 Å². The highest BCUT2D eigenvalue weighted by atomic mass is 35.5. The highest BCUT2D eigenvalue weighted by Gasteiger charge is 2.27. The highest BCUT2D eigenvalue weighted by molar-refractivity contribution is 6.31. The van der Waals surface area contributed by atoms with Gasteiger partial charge in [0.2, 0.25) is 0 Å². The fraction of sp³-hybridized carbons (Fsp3) is 0.429. The second-order valence-corrected chi connectivity index (χ2v) is 10.1. The van der Waals surface area contributed by atoms with E-state index in [2.05, 4.69) is 31.3 Å². The Morgan fingerprint density at radius 2 is 2.14 bits per heavy atom. The Labute approximate surface area is 212 Å². The maximum Gasteiger partial charge on any atom is 0.253 e. The predicted molar refractivity (Wildman–Crippen MR) is 141 cm³/mol. The summed E-state index contributed by atoms with van der Waals surface area (Å²) in [6.07, 6.45) is 10.1. The monoisotopic (exact) mass is 489 g/mol. The number of allylic oxidation sites excluding steroid dienone is 4. The van der Waals surface area contributed by atoms with E-state index in [1.807, 2.05) is 49.0 Å². The standard InChI is InChI=1S/C28H32ClN5O/c1-5-21(28(35)31-20-9-6-8-18(14-20)16-30)26-22(17(2)3)10-7-11-24(32-26)27-23-13-12-19(29)15-25(23)34(4)33-27/h5,7,11-13,15,17-18,20H,6,8-10,14H2,1-4H3,(H,31,35). The molecule has 182 valence electrons. The smallest absolute Gasteiger partial charge is 0.253 e. The Kier molecular flexibility index (Phi) is 7.57. The van der Waals surface area contributed by atoms with E-state index in [0.29, 0.717) is 29.1 Å². The number of amides is 1. The van der Waals surface area contributed by atoms with E-state index in [-0.39, 0.29) is 23.8 Å². The number of carbonyl (C=O) groups is 1. The third-order valence-corrected chi connectivity index (χ3v) is 7.12. The third kappa shape index (κ3) is 5.26. The van der Waals surface area contributed by atoms with Gasteiger partial charge in [0.1, 0.15) is 5.69 Å². The minimum Gasteiger partial charge on any atom is -0.349 e. The van der Waals surface area contributed by atoms with E-state index in [4.69, 9.17) is 21.7 Å². The molecule has 2 aromatic rings. The molecule has 2 aliphatic rings. The highest BCUT2D eigenvalue weighted by Crippen LogP contribution is 2.31. The molecule has 1 aliphatic carbocycles. The van der Waals surface area contributed by atoms with Crippen LogP contribution in [0.4, 0.5) is 0 Å². The normalized spacial score (nSPS) is 21.2. The summed E-state index contributed by atoms with van der Waals surface area (Å²) in [5, 5.41) is 18.9. The fourth-order valence-electron chi connectivity index (χ4n) is 4.99. The number of aliphatic imine (C=N–C) groups is 1. The SMILES string of the molecule is CC=C(C(=O)NC1CCCC(C#N)C1)C1=C(C(C)C)CC=CC(c2nn(C)c3cc(Cl)ccc23)=N1. The molecule has 0 radical (unpaired) electrons. The average Bonchev–Trinajstić information content (AvgIpc) is 3.01. The fourth-order valence-corrected chi connectivity index (χ4v) is 5.16. The van der Waals surface area contributed by atoms with Crippen LogP contribution in [-0.2, 0) is 11.8 Å². The first kappa shape index (κ1) is 24.9. The molecule has 2 unspecified atom stereocenters. The van der Waals surface area contributed by atoms with Crippen LogP contribution in [0.5, 0.6) is 0 Å². The van der Waals surface area contributed by atoms with Gasteiger partial charge in [-0.2, -0.15) is 10.4 Å². The van der Waals surface area contributed by atoms with Gasteiger partial charge in [0, 0.05) is 29.4 Å². The summed E-state index contributed by atoms with van der Waals surface area (Å²) in [7, 11) is 1.89. The van der Waals surface area contributed by atoms with Crippen molar-refractivity contribution in [3.63, 3.8) is 0 Å². The number of nitrogens with one attached hydrogen (secondary N) is 1. The van der Waals surface area contributed by atoms with Crippen molar-refractivity contribution < 1.29 is 4.79 Å².